The van der Waals surface area contributed by atoms with Gasteiger partial charge in [-0.15, -0.1) is 11.3 Å². The van der Waals surface area contributed by atoms with Gasteiger partial charge in [0, 0.05) is 22.5 Å². The van der Waals surface area contributed by atoms with Gasteiger partial charge in [-0.1, -0.05) is 48.5 Å². The molecule has 0 aliphatic carbocycles. The van der Waals surface area contributed by atoms with E-state index >= 15 is 0 Å². The van der Waals surface area contributed by atoms with Crippen molar-refractivity contribution in [1.82, 2.24) is 0 Å². The van der Waals surface area contributed by atoms with Gasteiger partial charge in [-0.25, -0.2) is 0 Å². The molecule has 0 saturated heterocycles. The molecule has 1 aliphatic heterocycles. The number of rotatable bonds is 2. The van der Waals surface area contributed by atoms with E-state index in [1.54, 1.807) is 23.5 Å². The van der Waals surface area contributed by atoms with Crippen LogP contribution in [0.3, 0.4) is 0 Å². The number of phenolic OH excluding ortho intramolecular Hbond substituents is 1. The molecule has 3 nitrogen and oxygen atoms in total. The van der Waals surface area contributed by atoms with Crippen molar-refractivity contribution >= 4 is 22.1 Å². The van der Waals surface area contributed by atoms with Crippen molar-refractivity contribution in [2.75, 3.05) is 11.9 Å². The molecule has 120 valence electrons. The number of phenols is 1. The highest BCUT2D eigenvalue weighted by atomic mass is 32.1. The molecule has 4 heteroatoms. The van der Waals surface area contributed by atoms with Crippen molar-refractivity contribution < 1.29 is 9.90 Å². The molecule has 24 heavy (non-hydrogen) atoms. The number of benzene rings is 2. The number of fused-ring (bicyclic) bond motifs is 1. The van der Waals surface area contributed by atoms with Gasteiger partial charge in [-0.2, -0.15) is 0 Å². The van der Waals surface area contributed by atoms with E-state index in [2.05, 4.69) is 12.2 Å². The molecule has 2 N–H and O–H groups in total. The van der Waals surface area contributed by atoms with Crippen molar-refractivity contribution in [2.45, 2.75) is 12.8 Å². The second-order valence-electron chi connectivity index (χ2n) is 5.96. The van der Waals surface area contributed by atoms with Crippen molar-refractivity contribution in [3.05, 3.63) is 70.6 Å². The first kappa shape index (κ1) is 15.0. The number of hydrogen-bond acceptors (Lipinski definition) is 4. The maximum absolute atomic E-state index is 13.2. The monoisotopic (exact) mass is 335 g/mol. The summed E-state index contributed by atoms with van der Waals surface area (Å²) in [6, 6.07) is 17.1. The number of para-hydroxylation sites is 1. The number of thiophene rings is 1. The summed E-state index contributed by atoms with van der Waals surface area (Å²) in [4.78, 5) is 14.4. The molecule has 1 atom stereocenters. The highest BCUT2D eigenvalue weighted by Gasteiger charge is 2.34. The van der Waals surface area contributed by atoms with Gasteiger partial charge in [0.2, 0.25) is 0 Å². The summed E-state index contributed by atoms with van der Waals surface area (Å²) >= 11 is 1.62. The Bertz CT molecular complexity index is 915. The average molecular weight is 335 g/mol. The molecular weight excluding hydrogens is 318 g/mol. The van der Waals surface area contributed by atoms with E-state index in [-0.39, 0.29) is 17.5 Å². The molecule has 2 aromatic carbocycles. The Labute approximate surface area is 144 Å². The fraction of sp³-hybridized carbons (Fsp3) is 0.150. The van der Waals surface area contributed by atoms with Crippen LogP contribution >= 0.6 is 11.3 Å². The molecule has 0 bridgehead atoms. The van der Waals surface area contributed by atoms with Crippen molar-refractivity contribution in [3.8, 4) is 16.9 Å². The standard InChI is InChI=1S/C20H17NO2S/c1-12-17(13-7-3-2-4-8-13)18-19(23)15(11-21-20(18)24-12)14-9-5-6-10-16(14)22/h2-10,15,21-22H,11H2,1H3. The van der Waals surface area contributed by atoms with Crippen LogP contribution in [0.4, 0.5) is 5.00 Å². The van der Waals surface area contributed by atoms with Crippen LogP contribution < -0.4 is 5.32 Å². The molecule has 4 rings (SSSR count). The van der Waals surface area contributed by atoms with Gasteiger partial charge in [-0.05, 0) is 18.6 Å². The smallest absolute Gasteiger partial charge is 0.175 e. The fourth-order valence-electron chi connectivity index (χ4n) is 3.35. The Kier molecular flexibility index (Phi) is 3.62. The van der Waals surface area contributed by atoms with Crippen LogP contribution in [0, 0.1) is 6.92 Å². The van der Waals surface area contributed by atoms with Gasteiger partial charge in [0.05, 0.1) is 11.5 Å². The second-order valence-corrected chi connectivity index (χ2v) is 7.18. The number of carbonyl (C=O) groups is 1. The lowest BCUT2D eigenvalue weighted by atomic mass is 9.85. The third-order valence-electron chi connectivity index (χ3n) is 4.49. The van der Waals surface area contributed by atoms with Crippen LogP contribution in [0.5, 0.6) is 5.75 Å². The molecule has 0 amide bonds. The average Bonchev–Trinajstić information content (AvgIpc) is 2.94. The normalized spacial score (nSPS) is 16.5. The zero-order chi connectivity index (χ0) is 16.7. The summed E-state index contributed by atoms with van der Waals surface area (Å²) in [6.45, 7) is 2.56. The Balaban J connectivity index is 1.85. The molecular formula is C20H17NO2S. The Morgan fingerprint density at radius 3 is 2.50 bits per heavy atom. The predicted molar refractivity (Wildman–Crippen MR) is 98.2 cm³/mol. The first-order valence-corrected chi connectivity index (χ1v) is 8.73. The lowest BCUT2D eigenvalue weighted by Crippen LogP contribution is -2.27. The summed E-state index contributed by atoms with van der Waals surface area (Å²) in [5.41, 5.74) is 3.50. The van der Waals surface area contributed by atoms with Crippen LogP contribution in [0.25, 0.3) is 11.1 Å². The van der Waals surface area contributed by atoms with Gasteiger partial charge >= 0.3 is 0 Å². The topological polar surface area (TPSA) is 49.3 Å². The summed E-state index contributed by atoms with van der Waals surface area (Å²) in [6.07, 6.45) is 0. The minimum atomic E-state index is -0.366. The number of nitrogens with one attached hydrogen (secondary N) is 1. The van der Waals surface area contributed by atoms with Gasteiger partial charge in [0.25, 0.3) is 0 Å². The minimum Gasteiger partial charge on any atom is -0.508 e. The Morgan fingerprint density at radius 2 is 1.75 bits per heavy atom. The third-order valence-corrected chi connectivity index (χ3v) is 5.55. The maximum Gasteiger partial charge on any atom is 0.175 e. The van der Waals surface area contributed by atoms with Crippen LogP contribution in [0.2, 0.25) is 0 Å². The lowest BCUT2D eigenvalue weighted by molar-refractivity contribution is 0.0960. The highest BCUT2D eigenvalue weighted by Crippen LogP contribution is 2.45. The van der Waals surface area contributed by atoms with E-state index in [0.29, 0.717) is 12.1 Å². The Morgan fingerprint density at radius 1 is 1.04 bits per heavy atom. The number of anilines is 1. The molecule has 1 aliphatic rings. The van der Waals surface area contributed by atoms with Crippen molar-refractivity contribution in [1.29, 1.82) is 0 Å². The van der Waals surface area contributed by atoms with E-state index in [4.69, 9.17) is 0 Å². The van der Waals surface area contributed by atoms with Gasteiger partial charge in [0.1, 0.15) is 10.8 Å². The maximum atomic E-state index is 13.2. The van der Waals surface area contributed by atoms with E-state index < -0.39 is 0 Å². The van der Waals surface area contributed by atoms with Crippen molar-refractivity contribution in [2.24, 2.45) is 0 Å². The number of carbonyl (C=O) groups excluding carboxylic acids is 1. The zero-order valence-electron chi connectivity index (χ0n) is 13.2. The largest absolute Gasteiger partial charge is 0.508 e. The minimum absolute atomic E-state index is 0.0773. The molecule has 0 fully saturated rings. The van der Waals surface area contributed by atoms with E-state index in [9.17, 15) is 9.90 Å². The van der Waals surface area contributed by atoms with Gasteiger partial charge in [0.15, 0.2) is 5.78 Å². The summed E-state index contributed by atoms with van der Waals surface area (Å²) in [7, 11) is 0. The summed E-state index contributed by atoms with van der Waals surface area (Å²) in [5, 5.41) is 14.5. The van der Waals surface area contributed by atoms with Gasteiger partial charge < -0.3 is 10.4 Å². The fourth-order valence-corrected chi connectivity index (χ4v) is 4.44. The first-order valence-electron chi connectivity index (χ1n) is 7.91. The number of Topliss-reactive ketones (excluding diaryl/α,β-unsaturated/α-hetero) is 1. The number of aromatic hydroxyl groups is 1. The van der Waals surface area contributed by atoms with E-state index in [0.717, 1.165) is 26.6 Å². The second kappa shape index (κ2) is 5.80. The number of aryl methyl sites for hydroxylation is 1. The predicted octanol–water partition coefficient (Wildman–Crippen LogP) is 4.82. The molecule has 3 aromatic rings. The SMILES string of the molecule is Cc1sc2c(c1-c1ccccc1)C(=O)C(c1ccccc1O)CN2. The number of hydrogen-bond donors (Lipinski definition) is 2. The zero-order valence-corrected chi connectivity index (χ0v) is 14.1. The van der Waals surface area contributed by atoms with Crippen LogP contribution in [0.1, 0.15) is 26.7 Å². The quantitative estimate of drug-likeness (QED) is 0.706. The molecule has 0 radical (unpaired) electrons. The molecule has 1 aromatic heterocycles. The van der Waals surface area contributed by atoms with E-state index in [1.165, 1.54) is 0 Å². The van der Waals surface area contributed by atoms with Crippen LogP contribution in [0.15, 0.2) is 54.6 Å². The highest BCUT2D eigenvalue weighted by molar-refractivity contribution is 7.17. The molecule has 1 unspecified atom stereocenters. The van der Waals surface area contributed by atoms with Crippen LogP contribution in [-0.2, 0) is 0 Å². The lowest BCUT2D eigenvalue weighted by Gasteiger charge is -2.24. The summed E-state index contributed by atoms with van der Waals surface area (Å²) < 4.78 is 0. The van der Waals surface area contributed by atoms with Crippen LogP contribution in [-0.4, -0.2) is 17.4 Å². The Hall–Kier alpha value is -2.59. The molecule has 0 spiro atoms. The first-order chi connectivity index (χ1) is 11.7. The molecule has 2 heterocycles. The third kappa shape index (κ3) is 2.31. The van der Waals surface area contributed by atoms with Gasteiger partial charge in [-0.3, -0.25) is 4.79 Å². The molecule has 0 saturated carbocycles. The van der Waals surface area contributed by atoms with E-state index in [1.807, 2.05) is 42.5 Å². The summed E-state index contributed by atoms with van der Waals surface area (Å²) in [5.74, 6) is -0.113. The van der Waals surface area contributed by atoms with Crippen molar-refractivity contribution in [3.63, 3.8) is 0 Å². The number of ketones is 1.